The van der Waals surface area contributed by atoms with Crippen LogP contribution in [-0.2, 0) is 0 Å². The third-order valence-electron chi connectivity index (χ3n) is 4.80. The van der Waals surface area contributed by atoms with Gasteiger partial charge in [-0.25, -0.2) is 0 Å². The molecule has 2 aliphatic rings. The van der Waals surface area contributed by atoms with Crippen molar-refractivity contribution in [3.05, 3.63) is 30.3 Å². The highest BCUT2D eigenvalue weighted by molar-refractivity contribution is 6.53. The molecule has 17 heavy (non-hydrogen) atoms. The maximum Gasteiger partial charge on any atom is 0.0813 e. The first-order chi connectivity index (χ1) is 8.36. The molecule has 3 rings (SSSR count). The van der Waals surface area contributed by atoms with Crippen LogP contribution in [0.1, 0.15) is 44.9 Å². The molecule has 1 aromatic rings. The molecule has 2 aliphatic carbocycles. The molecule has 0 heterocycles. The van der Waals surface area contributed by atoms with Crippen LogP contribution in [0.2, 0.25) is 6.04 Å². The predicted octanol–water partition coefficient (Wildman–Crippen LogP) is 3.79. The molecule has 2 bridgehead atoms. The van der Waals surface area contributed by atoms with Gasteiger partial charge in [0.1, 0.15) is 0 Å². The van der Waals surface area contributed by atoms with Gasteiger partial charge in [0.05, 0.1) is 9.52 Å². The Hall–Kier alpha value is -0.563. The van der Waals surface area contributed by atoms with E-state index in [4.69, 9.17) is 0 Å². The summed E-state index contributed by atoms with van der Waals surface area (Å²) in [6.45, 7) is 0. The van der Waals surface area contributed by atoms with Crippen LogP contribution in [0.3, 0.4) is 0 Å². The Morgan fingerprint density at radius 1 is 1.06 bits per heavy atom. The van der Waals surface area contributed by atoms with E-state index in [-0.39, 0.29) is 0 Å². The van der Waals surface area contributed by atoms with E-state index in [2.05, 4.69) is 30.3 Å². The fourth-order valence-corrected chi connectivity index (χ4v) is 5.42. The van der Waals surface area contributed by atoms with E-state index in [9.17, 15) is 0 Å². The van der Waals surface area contributed by atoms with E-state index >= 15 is 0 Å². The molecule has 0 spiro atoms. The second-order valence-electron chi connectivity index (χ2n) is 6.07. The summed E-state index contributed by atoms with van der Waals surface area (Å²) in [5.41, 5.74) is 0.745. The Balaban J connectivity index is 1.63. The van der Waals surface area contributed by atoms with Gasteiger partial charge >= 0.3 is 0 Å². The lowest BCUT2D eigenvalue weighted by Gasteiger charge is -2.45. The first kappa shape index (κ1) is 11.5. The van der Waals surface area contributed by atoms with Gasteiger partial charge in [-0.15, -0.1) is 0 Å². The van der Waals surface area contributed by atoms with Gasteiger partial charge < -0.3 is 0 Å². The van der Waals surface area contributed by atoms with Crippen molar-refractivity contribution >= 4 is 14.7 Å². The number of fused-ring (bicyclic) bond motifs is 2. The lowest BCUT2D eigenvalue weighted by molar-refractivity contribution is 0.0962. The third-order valence-corrected chi connectivity index (χ3v) is 6.47. The maximum absolute atomic E-state index is 2.30. The molecule has 1 aromatic carbocycles. The fraction of sp³-hybridized carbons (Fsp3) is 0.625. The van der Waals surface area contributed by atoms with Gasteiger partial charge in [0.15, 0.2) is 0 Å². The Bertz CT molecular complexity index is 347. The van der Waals surface area contributed by atoms with Crippen molar-refractivity contribution in [3.63, 3.8) is 0 Å². The van der Waals surface area contributed by atoms with E-state index < -0.39 is 0 Å². The Morgan fingerprint density at radius 2 is 1.76 bits per heavy atom. The van der Waals surface area contributed by atoms with Gasteiger partial charge in [-0.3, -0.25) is 0 Å². The molecule has 1 heteroatoms. The van der Waals surface area contributed by atoms with Gasteiger partial charge in [0.2, 0.25) is 0 Å². The van der Waals surface area contributed by atoms with Crippen molar-refractivity contribution < 1.29 is 0 Å². The van der Waals surface area contributed by atoms with Crippen LogP contribution in [0, 0.1) is 11.3 Å². The zero-order valence-corrected chi connectivity index (χ0v) is 11.6. The normalized spacial score (nSPS) is 32.4. The molecular weight excluding hydrogens is 220 g/mol. The smallest absolute Gasteiger partial charge is 0.0642 e. The quantitative estimate of drug-likeness (QED) is 0.707. The Kier molecular flexibility index (Phi) is 3.37. The highest BCUT2D eigenvalue weighted by Crippen LogP contribution is 2.50. The zero-order valence-electron chi connectivity index (χ0n) is 10.6. The molecule has 0 nitrogen and oxygen atoms in total. The van der Waals surface area contributed by atoms with Gasteiger partial charge in [-0.05, 0) is 30.6 Å². The van der Waals surface area contributed by atoms with E-state index in [1.54, 1.807) is 11.6 Å². The number of hydrogen-bond acceptors (Lipinski definition) is 0. The molecule has 0 saturated heterocycles. The molecular formula is C16H22Si. The summed E-state index contributed by atoms with van der Waals surface area (Å²) in [7, 11) is 1.04. The number of rotatable bonds is 3. The second-order valence-corrected chi connectivity index (χ2v) is 7.36. The van der Waals surface area contributed by atoms with Gasteiger partial charge in [0, 0.05) is 0 Å². The van der Waals surface area contributed by atoms with Gasteiger partial charge in [0.25, 0.3) is 0 Å². The SMILES string of the molecule is c1ccc([Si]CC23CCCC(CCC2)C3)cc1. The number of hydrogen-bond donors (Lipinski definition) is 0. The van der Waals surface area contributed by atoms with Crippen LogP contribution < -0.4 is 5.19 Å². The summed E-state index contributed by atoms with van der Waals surface area (Å²) in [6, 6.07) is 12.6. The van der Waals surface area contributed by atoms with Crippen molar-refractivity contribution in [2.45, 2.75) is 51.0 Å². The molecule has 2 radical (unpaired) electrons. The van der Waals surface area contributed by atoms with E-state index in [1.165, 1.54) is 44.6 Å². The lowest BCUT2D eigenvalue weighted by atomic mass is 9.63. The molecule has 0 atom stereocenters. The van der Waals surface area contributed by atoms with Crippen molar-refractivity contribution in [1.29, 1.82) is 0 Å². The number of benzene rings is 1. The Morgan fingerprint density at radius 3 is 2.47 bits per heavy atom. The second kappa shape index (κ2) is 4.97. The molecule has 90 valence electrons. The minimum atomic E-state index is 0.745. The largest absolute Gasteiger partial charge is 0.0813 e. The molecule has 0 N–H and O–H groups in total. The van der Waals surface area contributed by atoms with E-state index in [0.29, 0.717) is 0 Å². The van der Waals surface area contributed by atoms with Crippen LogP contribution in [0.15, 0.2) is 30.3 Å². The molecule has 2 saturated carbocycles. The van der Waals surface area contributed by atoms with Crippen molar-refractivity contribution in [1.82, 2.24) is 0 Å². The standard InChI is InChI=1S/C16H22Si/c1-2-8-15(9-3-1)17-13-16-10-4-6-14(12-16)7-5-11-16/h1-3,8-9,14H,4-7,10-13H2. The fourth-order valence-electron chi connectivity index (χ4n) is 3.92. The minimum Gasteiger partial charge on any atom is -0.0642 e. The predicted molar refractivity (Wildman–Crippen MR) is 74.9 cm³/mol. The van der Waals surface area contributed by atoms with Crippen LogP contribution in [-0.4, -0.2) is 9.52 Å². The van der Waals surface area contributed by atoms with Crippen LogP contribution in [0.25, 0.3) is 0 Å². The monoisotopic (exact) mass is 242 g/mol. The first-order valence-corrected chi connectivity index (χ1v) is 8.36. The summed E-state index contributed by atoms with van der Waals surface area (Å²) in [5, 5.41) is 1.56. The average molecular weight is 242 g/mol. The van der Waals surface area contributed by atoms with E-state index in [1.807, 2.05) is 0 Å². The molecule has 0 amide bonds. The molecule has 0 aliphatic heterocycles. The summed E-state index contributed by atoms with van der Waals surface area (Å²) in [6.07, 6.45) is 10.6. The highest BCUT2D eigenvalue weighted by atomic mass is 28.2. The summed E-state index contributed by atoms with van der Waals surface area (Å²) in [5.74, 6) is 1.08. The molecule has 0 aromatic heterocycles. The first-order valence-electron chi connectivity index (χ1n) is 7.15. The van der Waals surface area contributed by atoms with Gasteiger partial charge in [-0.2, -0.15) is 0 Å². The van der Waals surface area contributed by atoms with Crippen molar-refractivity contribution in [2.75, 3.05) is 0 Å². The summed E-state index contributed by atoms with van der Waals surface area (Å²) >= 11 is 0. The Labute approximate surface area is 108 Å². The molecule has 0 unspecified atom stereocenters. The van der Waals surface area contributed by atoms with Crippen molar-refractivity contribution in [3.8, 4) is 0 Å². The minimum absolute atomic E-state index is 0.745. The topological polar surface area (TPSA) is 0 Å². The van der Waals surface area contributed by atoms with Crippen LogP contribution >= 0.6 is 0 Å². The zero-order chi connectivity index (χ0) is 11.6. The van der Waals surface area contributed by atoms with Crippen LogP contribution in [0.5, 0.6) is 0 Å². The summed E-state index contributed by atoms with van der Waals surface area (Å²) in [4.78, 5) is 0. The van der Waals surface area contributed by atoms with Crippen LogP contribution in [0.4, 0.5) is 0 Å². The summed E-state index contributed by atoms with van der Waals surface area (Å²) < 4.78 is 0. The molecule has 2 fully saturated rings. The average Bonchev–Trinajstić information content (AvgIpc) is 2.38. The highest BCUT2D eigenvalue weighted by Gasteiger charge is 2.38. The van der Waals surface area contributed by atoms with Gasteiger partial charge in [-0.1, -0.05) is 67.2 Å². The third kappa shape index (κ3) is 2.65. The lowest BCUT2D eigenvalue weighted by Crippen LogP contribution is -2.35. The van der Waals surface area contributed by atoms with E-state index in [0.717, 1.165) is 20.9 Å². The van der Waals surface area contributed by atoms with Crippen molar-refractivity contribution in [2.24, 2.45) is 11.3 Å². The maximum atomic E-state index is 2.30.